The van der Waals surface area contributed by atoms with Crippen molar-refractivity contribution in [3.8, 4) is 11.5 Å². The molecular weight excluding hydrogens is 472 g/mol. The summed E-state index contributed by atoms with van der Waals surface area (Å²) in [6, 6.07) is 9.49. The number of benzene rings is 1. The number of aromatic nitrogens is 4. The fraction of sp³-hybridized carbons (Fsp3) is 0.261. The highest BCUT2D eigenvalue weighted by Crippen LogP contribution is 2.38. The Labute approximate surface area is 204 Å². The lowest BCUT2D eigenvalue weighted by atomic mass is 10.0. The molecule has 0 fully saturated rings. The van der Waals surface area contributed by atoms with Crippen LogP contribution in [-0.2, 0) is 11.8 Å². The Kier molecular flexibility index (Phi) is 6.20. The molecule has 0 radical (unpaired) electrons. The average Bonchev–Trinajstić information content (AvgIpc) is 3.62. The topological polar surface area (TPSA) is 94.7 Å². The van der Waals surface area contributed by atoms with Gasteiger partial charge in [0.15, 0.2) is 17.1 Å². The zero-order chi connectivity index (χ0) is 23.7. The standard InChI is InChI=1S/C23H22N6O3S2/c1-28-22-15(11-26-28)23(25-13-24-22)34-12-21(30)29-17(10-16(27-29)20-5-4-8-33-20)14-6-7-18(31-2)19(9-14)32-3/h4-9,11,13,17H,10,12H2,1-3H3/t17-/m1/s1. The molecule has 9 nitrogen and oxygen atoms in total. The molecule has 3 aromatic heterocycles. The maximum atomic E-state index is 13.4. The summed E-state index contributed by atoms with van der Waals surface area (Å²) in [6.07, 6.45) is 3.83. The molecular formula is C23H22N6O3S2. The van der Waals surface area contributed by atoms with Crippen LogP contribution in [0.25, 0.3) is 11.0 Å². The predicted octanol–water partition coefficient (Wildman–Crippen LogP) is 3.91. The van der Waals surface area contributed by atoms with E-state index in [9.17, 15) is 4.79 Å². The minimum Gasteiger partial charge on any atom is -0.493 e. The van der Waals surface area contributed by atoms with Crippen molar-refractivity contribution in [3.05, 3.63) is 58.7 Å². The van der Waals surface area contributed by atoms with Crippen LogP contribution in [0.15, 0.2) is 58.4 Å². The molecule has 0 saturated heterocycles. The van der Waals surface area contributed by atoms with E-state index in [0.29, 0.717) is 17.9 Å². The summed E-state index contributed by atoms with van der Waals surface area (Å²) < 4.78 is 12.6. The first-order chi connectivity index (χ1) is 16.6. The minimum absolute atomic E-state index is 0.105. The molecule has 0 bridgehead atoms. The Morgan fingerprint density at radius 3 is 2.82 bits per heavy atom. The van der Waals surface area contributed by atoms with Gasteiger partial charge in [0, 0.05) is 13.5 Å². The number of thioether (sulfide) groups is 1. The summed E-state index contributed by atoms with van der Waals surface area (Å²) in [5, 5.41) is 14.1. The number of hydrogen-bond acceptors (Lipinski definition) is 9. The second-order valence-corrected chi connectivity index (χ2v) is 9.48. The van der Waals surface area contributed by atoms with Crippen molar-refractivity contribution in [1.29, 1.82) is 0 Å². The van der Waals surface area contributed by atoms with Crippen LogP contribution in [0.5, 0.6) is 11.5 Å². The first-order valence-electron chi connectivity index (χ1n) is 10.5. The number of rotatable bonds is 7. The zero-order valence-corrected chi connectivity index (χ0v) is 20.5. The monoisotopic (exact) mass is 494 g/mol. The number of nitrogens with zero attached hydrogens (tertiary/aromatic N) is 6. The third-order valence-electron chi connectivity index (χ3n) is 5.59. The Morgan fingerprint density at radius 2 is 2.06 bits per heavy atom. The molecule has 0 unspecified atom stereocenters. The van der Waals surface area contributed by atoms with Gasteiger partial charge < -0.3 is 9.47 Å². The van der Waals surface area contributed by atoms with Gasteiger partial charge in [-0.1, -0.05) is 23.9 Å². The van der Waals surface area contributed by atoms with Crippen LogP contribution in [0.3, 0.4) is 0 Å². The Hall–Kier alpha value is -3.44. The van der Waals surface area contributed by atoms with E-state index in [-0.39, 0.29) is 17.7 Å². The summed E-state index contributed by atoms with van der Waals surface area (Å²) in [4.78, 5) is 23.1. The van der Waals surface area contributed by atoms with Crippen LogP contribution >= 0.6 is 23.1 Å². The van der Waals surface area contributed by atoms with Gasteiger partial charge in [0.05, 0.1) is 48.2 Å². The third-order valence-corrected chi connectivity index (χ3v) is 7.50. The van der Waals surface area contributed by atoms with E-state index in [1.807, 2.05) is 42.8 Å². The maximum absolute atomic E-state index is 13.4. The molecule has 11 heteroatoms. The van der Waals surface area contributed by atoms with Crippen molar-refractivity contribution in [3.63, 3.8) is 0 Å². The largest absolute Gasteiger partial charge is 0.493 e. The number of fused-ring (bicyclic) bond motifs is 1. The number of carbonyl (C=O) groups is 1. The van der Waals surface area contributed by atoms with Crippen LogP contribution in [0.4, 0.5) is 0 Å². The Bertz CT molecular complexity index is 1370. The predicted molar refractivity (Wildman–Crippen MR) is 132 cm³/mol. The summed E-state index contributed by atoms with van der Waals surface area (Å²) in [7, 11) is 5.03. The third kappa shape index (κ3) is 4.12. The van der Waals surface area contributed by atoms with Gasteiger partial charge in [0.2, 0.25) is 0 Å². The van der Waals surface area contributed by atoms with Gasteiger partial charge >= 0.3 is 0 Å². The Morgan fingerprint density at radius 1 is 1.21 bits per heavy atom. The van der Waals surface area contributed by atoms with Crippen molar-refractivity contribution in [2.75, 3.05) is 20.0 Å². The molecule has 5 rings (SSSR count). The van der Waals surface area contributed by atoms with Gasteiger partial charge in [0.1, 0.15) is 11.4 Å². The second kappa shape index (κ2) is 9.43. The van der Waals surface area contributed by atoms with Gasteiger partial charge in [-0.15, -0.1) is 11.3 Å². The van der Waals surface area contributed by atoms with Crippen LogP contribution in [0.2, 0.25) is 0 Å². The van der Waals surface area contributed by atoms with Crippen LogP contribution in [0.1, 0.15) is 22.9 Å². The van der Waals surface area contributed by atoms with Crippen molar-refractivity contribution < 1.29 is 14.3 Å². The number of methoxy groups -OCH3 is 2. The molecule has 1 atom stereocenters. The van der Waals surface area contributed by atoms with Gasteiger partial charge in [0.25, 0.3) is 5.91 Å². The number of hydrogen-bond donors (Lipinski definition) is 0. The van der Waals surface area contributed by atoms with E-state index >= 15 is 0 Å². The SMILES string of the molecule is COc1ccc([C@H]2CC(c3cccs3)=NN2C(=O)CSc2ncnc3c2cnn3C)cc1OC. The molecule has 34 heavy (non-hydrogen) atoms. The van der Waals surface area contributed by atoms with Crippen LogP contribution < -0.4 is 9.47 Å². The summed E-state index contributed by atoms with van der Waals surface area (Å²) in [5.41, 5.74) is 2.56. The molecule has 0 N–H and O–H groups in total. The lowest BCUT2D eigenvalue weighted by molar-refractivity contribution is -0.130. The van der Waals surface area contributed by atoms with Gasteiger partial charge in [-0.05, 0) is 29.1 Å². The fourth-order valence-corrected chi connectivity index (χ4v) is 5.44. The van der Waals surface area contributed by atoms with E-state index < -0.39 is 0 Å². The van der Waals surface area contributed by atoms with Crippen molar-refractivity contribution in [1.82, 2.24) is 24.8 Å². The highest BCUT2D eigenvalue weighted by molar-refractivity contribution is 8.00. The van der Waals surface area contributed by atoms with E-state index in [2.05, 4.69) is 15.1 Å². The van der Waals surface area contributed by atoms with Gasteiger partial charge in [-0.25, -0.2) is 15.0 Å². The number of aryl methyl sites for hydroxylation is 1. The highest BCUT2D eigenvalue weighted by atomic mass is 32.2. The summed E-state index contributed by atoms with van der Waals surface area (Å²) >= 11 is 2.97. The Balaban J connectivity index is 1.42. The van der Waals surface area contributed by atoms with Crippen LogP contribution in [-0.4, -0.2) is 56.3 Å². The van der Waals surface area contributed by atoms with Crippen LogP contribution in [0, 0.1) is 0 Å². The number of amides is 1. The van der Waals surface area contributed by atoms with Crippen molar-refractivity contribution in [2.45, 2.75) is 17.5 Å². The quantitative estimate of drug-likeness (QED) is 0.284. The summed E-state index contributed by atoms with van der Waals surface area (Å²) in [5.74, 6) is 1.34. The fourth-order valence-electron chi connectivity index (χ4n) is 3.90. The second-order valence-electron chi connectivity index (χ2n) is 7.57. The maximum Gasteiger partial charge on any atom is 0.253 e. The first-order valence-corrected chi connectivity index (χ1v) is 12.4. The molecule has 1 amide bonds. The first kappa shape index (κ1) is 22.4. The van der Waals surface area contributed by atoms with Crippen molar-refractivity contribution >= 4 is 45.8 Å². The highest BCUT2D eigenvalue weighted by Gasteiger charge is 2.34. The number of ether oxygens (including phenoxy) is 2. The van der Waals surface area contributed by atoms with E-state index in [4.69, 9.17) is 14.6 Å². The molecule has 1 aliphatic rings. The van der Waals surface area contributed by atoms with E-state index in [1.165, 1.54) is 18.1 Å². The van der Waals surface area contributed by atoms with E-state index in [1.54, 1.807) is 41.4 Å². The number of hydrazone groups is 1. The van der Waals surface area contributed by atoms with Gasteiger partial charge in [-0.3, -0.25) is 9.48 Å². The lowest BCUT2D eigenvalue weighted by Crippen LogP contribution is -2.28. The molecule has 1 aromatic carbocycles. The molecule has 1 aliphatic heterocycles. The smallest absolute Gasteiger partial charge is 0.253 e. The lowest BCUT2D eigenvalue weighted by Gasteiger charge is -2.22. The molecule has 0 spiro atoms. The summed E-state index contributed by atoms with van der Waals surface area (Å²) in [6.45, 7) is 0. The molecule has 4 heterocycles. The average molecular weight is 495 g/mol. The normalized spacial score (nSPS) is 15.6. The molecule has 0 saturated carbocycles. The zero-order valence-electron chi connectivity index (χ0n) is 18.8. The van der Waals surface area contributed by atoms with Crippen molar-refractivity contribution in [2.24, 2.45) is 12.1 Å². The van der Waals surface area contributed by atoms with Gasteiger partial charge in [-0.2, -0.15) is 10.2 Å². The number of carbonyl (C=O) groups excluding carboxylic acids is 1. The molecule has 174 valence electrons. The number of thiophene rings is 1. The minimum atomic E-state index is -0.242. The molecule has 0 aliphatic carbocycles. The van der Waals surface area contributed by atoms with E-state index in [0.717, 1.165) is 32.2 Å². The molecule has 4 aromatic rings.